The van der Waals surface area contributed by atoms with Crippen molar-refractivity contribution < 1.29 is 26.1 Å². The van der Waals surface area contributed by atoms with E-state index in [1.54, 1.807) is 34.5 Å². The molecule has 10 nitrogen and oxygen atoms in total. The van der Waals surface area contributed by atoms with Gasteiger partial charge < -0.3 is 8.97 Å². The average molecular weight is 473 g/mol. The lowest BCUT2D eigenvalue weighted by Crippen LogP contribution is -2.54. The second-order valence-corrected chi connectivity index (χ2v) is 8.38. The summed E-state index contributed by atoms with van der Waals surface area (Å²) >= 11 is 0. The Morgan fingerprint density at radius 1 is 1.15 bits per heavy atom. The van der Waals surface area contributed by atoms with Crippen LogP contribution in [0.5, 0.6) is 0 Å². The number of aryl methyl sites for hydroxylation is 1. The minimum Gasteiger partial charge on any atom is -0.726 e. The van der Waals surface area contributed by atoms with Gasteiger partial charge in [0.25, 0.3) is 0 Å². The zero-order valence-corrected chi connectivity index (χ0v) is 19.7. The van der Waals surface area contributed by atoms with Gasteiger partial charge in [0.05, 0.1) is 33.1 Å². The second-order valence-electron chi connectivity index (χ2n) is 7.23. The summed E-state index contributed by atoms with van der Waals surface area (Å²) in [6.45, 7) is 1.90. The summed E-state index contributed by atoms with van der Waals surface area (Å²) in [5, 5.41) is 8.44. The van der Waals surface area contributed by atoms with E-state index in [1.807, 2.05) is 50.4 Å². The summed E-state index contributed by atoms with van der Waals surface area (Å²) in [4.78, 5) is 12.2. The van der Waals surface area contributed by atoms with Crippen LogP contribution >= 0.6 is 0 Å². The molecule has 33 heavy (non-hydrogen) atoms. The number of hydrazone groups is 1. The maximum Gasteiger partial charge on any atom is 0.498 e. The Labute approximate surface area is 190 Å². The minimum absolute atomic E-state index is 0.0783. The Balaban J connectivity index is 0.000000454. The second kappa shape index (κ2) is 9.53. The molecule has 0 aliphatic heterocycles. The van der Waals surface area contributed by atoms with Crippen LogP contribution < -0.4 is 15.3 Å². The van der Waals surface area contributed by atoms with Crippen LogP contribution in [0, 0.1) is 6.92 Å². The van der Waals surface area contributed by atoms with Crippen LogP contribution in [-0.2, 0) is 28.7 Å². The fraction of sp³-hybridized carbons (Fsp3) is 0.227. The van der Waals surface area contributed by atoms with Gasteiger partial charge in [-0.1, -0.05) is 18.2 Å². The number of anilines is 1. The van der Waals surface area contributed by atoms with Gasteiger partial charge in [-0.05, 0) is 31.2 Å². The molecule has 0 saturated carbocycles. The van der Waals surface area contributed by atoms with Gasteiger partial charge in [0.2, 0.25) is 10.4 Å². The van der Waals surface area contributed by atoms with E-state index in [0.29, 0.717) is 0 Å². The maximum absolute atomic E-state index is 12.2. The van der Waals surface area contributed by atoms with E-state index >= 15 is 0 Å². The molecule has 0 amide bonds. The highest BCUT2D eigenvalue weighted by Gasteiger charge is 2.13. The molecule has 4 rings (SSSR count). The Morgan fingerprint density at radius 2 is 1.79 bits per heavy atom. The molecule has 0 N–H and O–H groups in total. The summed E-state index contributed by atoms with van der Waals surface area (Å²) < 4.78 is 40.1. The fourth-order valence-electron chi connectivity index (χ4n) is 3.15. The number of nitrogens with zero attached hydrogens (tertiary/aromatic N) is 4. The smallest absolute Gasteiger partial charge is 0.498 e. The first kappa shape index (κ1) is 24.1. The number of hydrogen-bond donors (Lipinski definition) is 0. The predicted molar refractivity (Wildman–Crippen MR) is 124 cm³/mol. The van der Waals surface area contributed by atoms with E-state index in [-0.39, 0.29) is 5.69 Å². The van der Waals surface area contributed by atoms with Crippen molar-refractivity contribution in [3.63, 3.8) is 0 Å². The SMILES string of the molecule is COS(=O)(=O)[O-].Cc1cc(C=NN(C)c2ccc3oc4ccccc4c3c2)[n+](C)c(=O)n1C. The third-order valence-corrected chi connectivity index (χ3v) is 5.56. The van der Waals surface area contributed by atoms with Crippen LogP contribution in [0.4, 0.5) is 5.69 Å². The van der Waals surface area contributed by atoms with Crippen molar-refractivity contribution in [1.82, 2.24) is 4.57 Å². The zero-order valence-electron chi connectivity index (χ0n) is 18.8. The Hall–Kier alpha value is -3.54. The summed E-state index contributed by atoms with van der Waals surface area (Å²) in [7, 11) is 1.78. The lowest BCUT2D eigenvalue weighted by Gasteiger charge is -2.12. The molecule has 0 saturated heterocycles. The van der Waals surface area contributed by atoms with E-state index in [0.717, 1.165) is 46.1 Å². The lowest BCUT2D eigenvalue weighted by atomic mass is 10.1. The van der Waals surface area contributed by atoms with Crippen LogP contribution in [-0.4, -0.2) is 37.9 Å². The molecule has 4 aromatic rings. The van der Waals surface area contributed by atoms with Gasteiger partial charge in [-0.2, -0.15) is 19.0 Å². The van der Waals surface area contributed by atoms with Crippen molar-refractivity contribution in [2.24, 2.45) is 19.2 Å². The molecule has 0 aliphatic carbocycles. The highest BCUT2D eigenvalue weighted by Crippen LogP contribution is 2.31. The fourth-order valence-corrected chi connectivity index (χ4v) is 3.15. The molecule has 0 aliphatic rings. The van der Waals surface area contributed by atoms with E-state index in [9.17, 15) is 17.8 Å². The first-order chi connectivity index (χ1) is 15.5. The van der Waals surface area contributed by atoms with E-state index in [4.69, 9.17) is 4.42 Å². The quantitative estimate of drug-likeness (QED) is 0.146. The van der Waals surface area contributed by atoms with Gasteiger partial charge in [-0.3, -0.25) is 9.19 Å². The summed E-state index contributed by atoms with van der Waals surface area (Å²) in [6.07, 6.45) is 1.70. The largest absolute Gasteiger partial charge is 0.726 e. The summed E-state index contributed by atoms with van der Waals surface area (Å²) in [5.41, 5.74) is 4.22. The number of fused-ring (bicyclic) bond motifs is 3. The Kier molecular flexibility index (Phi) is 6.96. The van der Waals surface area contributed by atoms with Gasteiger partial charge in [0.1, 0.15) is 16.9 Å². The van der Waals surface area contributed by atoms with Crippen molar-refractivity contribution in [3.8, 4) is 0 Å². The van der Waals surface area contributed by atoms with Gasteiger partial charge in [-0.15, -0.1) is 0 Å². The van der Waals surface area contributed by atoms with E-state index < -0.39 is 10.4 Å². The van der Waals surface area contributed by atoms with Gasteiger partial charge in [0.15, 0.2) is 5.69 Å². The highest BCUT2D eigenvalue weighted by atomic mass is 32.3. The third-order valence-electron chi connectivity index (χ3n) is 5.15. The average Bonchev–Trinajstić information content (AvgIpc) is 3.17. The third kappa shape index (κ3) is 5.45. The number of furan rings is 1. The predicted octanol–water partition coefficient (Wildman–Crippen LogP) is 1.98. The molecule has 2 aromatic carbocycles. The van der Waals surface area contributed by atoms with Gasteiger partial charge in [-0.25, -0.2) is 8.42 Å². The molecule has 0 spiro atoms. The van der Waals surface area contributed by atoms with Crippen molar-refractivity contribution >= 4 is 44.2 Å². The summed E-state index contributed by atoms with van der Waals surface area (Å²) in [5.74, 6) is 0. The van der Waals surface area contributed by atoms with Crippen LogP contribution in [0.3, 0.4) is 0 Å². The topological polar surface area (TPSA) is 121 Å². The van der Waals surface area contributed by atoms with E-state index in [2.05, 4.69) is 21.4 Å². The molecule has 0 atom stereocenters. The standard InChI is InChI=1S/C21H21N4O2.CH4O4S/c1-14-11-16(24(3)21(26)23(14)2)13-22-25(4)15-9-10-20-18(12-15)17-7-5-6-8-19(17)27-20;1-5-6(2,3)4/h5-13H,1-4H3;1H3,(H,2,3,4)/q+1;/p-1. The highest BCUT2D eigenvalue weighted by molar-refractivity contribution is 7.80. The minimum atomic E-state index is -4.41. The molecule has 0 unspecified atom stereocenters. The first-order valence-electron chi connectivity index (χ1n) is 9.79. The molecular formula is C22H24N4O6S. The number of rotatable bonds is 4. The van der Waals surface area contributed by atoms with Crippen molar-refractivity contribution in [2.45, 2.75) is 6.92 Å². The van der Waals surface area contributed by atoms with E-state index in [1.165, 1.54) is 0 Å². The number of benzene rings is 2. The maximum atomic E-state index is 12.2. The molecule has 2 aromatic heterocycles. The van der Waals surface area contributed by atoms with Gasteiger partial charge >= 0.3 is 5.69 Å². The van der Waals surface area contributed by atoms with Gasteiger partial charge in [0, 0.05) is 23.9 Å². The van der Waals surface area contributed by atoms with Crippen molar-refractivity contribution in [3.05, 3.63) is 70.4 Å². The normalized spacial score (nSPS) is 11.7. The van der Waals surface area contributed by atoms with Crippen LogP contribution in [0.2, 0.25) is 0 Å². The number of hydrogen-bond acceptors (Lipinski definition) is 8. The molecule has 0 radical (unpaired) electrons. The molecule has 0 bridgehead atoms. The van der Waals surface area contributed by atoms with Crippen LogP contribution in [0.25, 0.3) is 21.9 Å². The monoisotopic (exact) mass is 472 g/mol. The number of para-hydroxylation sites is 1. The van der Waals surface area contributed by atoms with Crippen molar-refractivity contribution in [1.29, 1.82) is 0 Å². The van der Waals surface area contributed by atoms with Crippen LogP contribution in [0.1, 0.15) is 11.4 Å². The molecule has 11 heteroatoms. The lowest BCUT2D eigenvalue weighted by molar-refractivity contribution is -0.691. The number of aromatic nitrogens is 2. The Morgan fingerprint density at radius 3 is 2.45 bits per heavy atom. The van der Waals surface area contributed by atoms with Crippen molar-refractivity contribution in [2.75, 3.05) is 19.2 Å². The molecule has 0 fully saturated rings. The molecule has 2 heterocycles. The summed E-state index contributed by atoms with van der Waals surface area (Å²) in [6, 6.07) is 15.9. The van der Waals surface area contributed by atoms with Crippen LogP contribution in [0.15, 0.2) is 62.8 Å². The Bertz CT molecular complexity index is 1500. The zero-order chi connectivity index (χ0) is 24.3. The molecular weight excluding hydrogens is 448 g/mol. The molecule has 174 valence electrons. The first-order valence-corrected chi connectivity index (χ1v) is 11.1.